The number of carbonyl (C=O) groups is 3. The van der Waals surface area contributed by atoms with Crippen molar-refractivity contribution in [3.05, 3.63) is 70.0 Å². The standard InChI is InChI=1S/C28H28N2O7/c1-12-4-6-13(7-5-12)15-8-9-18(31)20-16(15)10-14-11-17-22(30(2)3)24(33)21(27(29)36)26(35)28(17,37)25(34)19(14)23(20)32/h4-9,14,17,22,31-32,35,37H,10-11H2,1-3H3,(H2,29,36)/t14-,17-,22-,28-/m1/s1. The zero-order valence-electron chi connectivity index (χ0n) is 20.6. The molecule has 192 valence electrons. The molecule has 0 aromatic heterocycles. The average molecular weight is 505 g/mol. The lowest BCUT2D eigenvalue weighted by atomic mass is 9.57. The van der Waals surface area contributed by atoms with Crippen LogP contribution in [-0.4, -0.2) is 68.5 Å². The van der Waals surface area contributed by atoms with Crippen LogP contribution in [0.4, 0.5) is 0 Å². The van der Waals surface area contributed by atoms with E-state index in [1.54, 1.807) is 20.2 Å². The van der Waals surface area contributed by atoms with Gasteiger partial charge in [-0.3, -0.25) is 19.3 Å². The molecule has 0 bridgehead atoms. The number of aromatic hydroxyl groups is 1. The molecular formula is C28H28N2O7. The number of nitrogens with two attached hydrogens (primary N) is 1. The molecule has 3 aliphatic rings. The van der Waals surface area contributed by atoms with E-state index in [0.717, 1.165) is 16.7 Å². The number of rotatable bonds is 3. The van der Waals surface area contributed by atoms with Crippen LogP contribution in [0.2, 0.25) is 0 Å². The maximum atomic E-state index is 13.9. The number of aryl methyl sites for hydroxylation is 1. The fourth-order valence-corrected chi connectivity index (χ4v) is 6.25. The van der Waals surface area contributed by atoms with Crippen LogP contribution in [0, 0.1) is 18.8 Å². The van der Waals surface area contributed by atoms with Crippen molar-refractivity contribution in [2.75, 3.05) is 14.1 Å². The lowest BCUT2D eigenvalue weighted by molar-refractivity contribution is -0.153. The van der Waals surface area contributed by atoms with Crippen molar-refractivity contribution >= 4 is 23.2 Å². The molecule has 0 heterocycles. The number of aliphatic hydroxyl groups is 3. The Bertz CT molecular complexity index is 1440. The Kier molecular flexibility index (Phi) is 5.54. The van der Waals surface area contributed by atoms with E-state index in [2.05, 4.69) is 0 Å². The zero-order chi connectivity index (χ0) is 27.0. The molecule has 3 aliphatic carbocycles. The monoisotopic (exact) mass is 504 g/mol. The number of phenols is 1. The number of ketones is 2. The van der Waals surface area contributed by atoms with Crippen molar-refractivity contribution in [3.8, 4) is 16.9 Å². The lowest BCUT2D eigenvalue weighted by Crippen LogP contribution is -2.65. The Labute approximate surface area is 213 Å². The summed E-state index contributed by atoms with van der Waals surface area (Å²) < 4.78 is 0. The minimum atomic E-state index is -2.64. The molecule has 6 N–H and O–H groups in total. The summed E-state index contributed by atoms with van der Waals surface area (Å²) in [7, 11) is 3.14. The SMILES string of the molecule is Cc1ccc(-c2ccc(O)c3c2C[C@@H]2C[C@@H]4[C@@H](N(C)C)C(=O)C(C(N)=O)=C(O)[C@]4(O)C(=O)C2=C3O)cc1. The van der Waals surface area contributed by atoms with Gasteiger partial charge < -0.3 is 26.2 Å². The number of primary amides is 1. The van der Waals surface area contributed by atoms with Gasteiger partial charge in [0, 0.05) is 11.5 Å². The third kappa shape index (κ3) is 3.34. The van der Waals surface area contributed by atoms with Crippen molar-refractivity contribution < 1.29 is 34.8 Å². The molecule has 1 saturated carbocycles. The molecule has 1 amide bonds. The van der Waals surface area contributed by atoms with Gasteiger partial charge in [-0.2, -0.15) is 0 Å². The van der Waals surface area contributed by atoms with Crippen LogP contribution in [0.3, 0.4) is 0 Å². The first-order valence-corrected chi connectivity index (χ1v) is 12.0. The molecule has 37 heavy (non-hydrogen) atoms. The summed E-state index contributed by atoms with van der Waals surface area (Å²) in [6, 6.07) is 9.82. The zero-order valence-corrected chi connectivity index (χ0v) is 20.6. The number of benzene rings is 2. The number of aliphatic hydroxyl groups excluding tert-OH is 2. The highest BCUT2D eigenvalue weighted by atomic mass is 16.3. The molecule has 0 unspecified atom stereocenters. The third-order valence-corrected chi connectivity index (χ3v) is 7.97. The molecule has 2 aromatic carbocycles. The summed E-state index contributed by atoms with van der Waals surface area (Å²) in [5, 5.41) is 44.6. The van der Waals surface area contributed by atoms with Crippen LogP contribution in [0.15, 0.2) is 53.3 Å². The first-order valence-electron chi connectivity index (χ1n) is 12.0. The average Bonchev–Trinajstić information content (AvgIpc) is 2.82. The van der Waals surface area contributed by atoms with E-state index in [0.29, 0.717) is 5.56 Å². The number of hydrogen-bond donors (Lipinski definition) is 5. The fraction of sp³-hybridized carbons (Fsp3) is 0.321. The van der Waals surface area contributed by atoms with E-state index in [9.17, 15) is 34.8 Å². The van der Waals surface area contributed by atoms with Gasteiger partial charge in [0.2, 0.25) is 5.78 Å². The summed E-state index contributed by atoms with van der Waals surface area (Å²) >= 11 is 0. The van der Waals surface area contributed by atoms with Gasteiger partial charge in [-0.15, -0.1) is 0 Å². The number of hydrogen-bond acceptors (Lipinski definition) is 8. The molecular weight excluding hydrogens is 476 g/mol. The first kappa shape index (κ1) is 24.7. The minimum absolute atomic E-state index is 0.0504. The van der Waals surface area contributed by atoms with Crippen molar-refractivity contribution in [1.82, 2.24) is 4.90 Å². The van der Waals surface area contributed by atoms with Crippen LogP contribution in [-0.2, 0) is 20.8 Å². The molecule has 0 saturated heterocycles. The van der Waals surface area contributed by atoms with Crippen LogP contribution in [0.1, 0.15) is 23.1 Å². The van der Waals surface area contributed by atoms with Crippen molar-refractivity contribution in [2.45, 2.75) is 31.4 Å². The summed E-state index contributed by atoms with van der Waals surface area (Å²) in [5.74, 6) is -6.61. The Balaban J connectivity index is 1.74. The van der Waals surface area contributed by atoms with Gasteiger partial charge in [0.25, 0.3) is 5.91 Å². The second-order valence-electron chi connectivity index (χ2n) is 10.3. The Hall–Kier alpha value is -3.95. The van der Waals surface area contributed by atoms with Crippen LogP contribution in [0.25, 0.3) is 16.9 Å². The summed E-state index contributed by atoms with van der Waals surface area (Å²) in [4.78, 5) is 40.6. The Morgan fingerprint density at radius 2 is 1.70 bits per heavy atom. The van der Waals surface area contributed by atoms with E-state index in [-0.39, 0.29) is 29.7 Å². The molecule has 2 aromatic rings. The van der Waals surface area contributed by atoms with Crippen LogP contribution >= 0.6 is 0 Å². The highest BCUT2D eigenvalue weighted by molar-refractivity contribution is 6.24. The van der Waals surface area contributed by atoms with Gasteiger partial charge >= 0.3 is 0 Å². The van der Waals surface area contributed by atoms with Gasteiger partial charge in [0.15, 0.2) is 11.4 Å². The van der Waals surface area contributed by atoms with Crippen LogP contribution < -0.4 is 5.73 Å². The van der Waals surface area contributed by atoms with Gasteiger partial charge in [0.1, 0.15) is 22.8 Å². The molecule has 0 spiro atoms. The maximum absolute atomic E-state index is 13.9. The second-order valence-corrected chi connectivity index (χ2v) is 10.3. The Morgan fingerprint density at radius 1 is 1.05 bits per heavy atom. The minimum Gasteiger partial charge on any atom is -0.508 e. The number of Topliss-reactive ketones (excluding diaryl/α,β-unsaturated/α-hetero) is 2. The van der Waals surface area contributed by atoms with E-state index in [1.165, 1.54) is 11.0 Å². The normalized spacial score (nSPS) is 27.2. The molecule has 0 aliphatic heterocycles. The number of nitrogens with zero attached hydrogens (tertiary/aromatic N) is 1. The molecule has 0 radical (unpaired) electrons. The van der Waals surface area contributed by atoms with Crippen molar-refractivity contribution in [3.63, 3.8) is 0 Å². The number of likely N-dealkylation sites (N-methyl/N-ethyl adjacent to an activating group) is 1. The van der Waals surface area contributed by atoms with Gasteiger partial charge in [-0.25, -0.2) is 0 Å². The predicted octanol–water partition coefficient (Wildman–Crippen LogP) is 1.94. The molecule has 1 fully saturated rings. The second kappa shape index (κ2) is 8.29. The smallest absolute Gasteiger partial charge is 0.255 e. The van der Waals surface area contributed by atoms with Gasteiger partial charge in [-0.1, -0.05) is 35.9 Å². The van der Waals surface area contributed by atoms with Crippen molar-refractivity contribution in [1.29, 1.82) is 0 Å². The highest BCUT2D eigenvalue weighted by Gasteiger charge is 2.64. The number of phenolic OH excluding ortho intramolecular Hbond substituents is 1. The van der Waals surface area contributed by atoms with E-state index < -0.39 is 58.0 Å². The molecule has 9 nitrogen and oxygen atoms in total. The highest BCUT2D eigenvalue weighted by Crippen LogP contribution is 2.53. The summed E-state index contributed by atoms with van der Waals surface area (Å²) in [6.45, 7) is 1.96. The van der Waals surface area contributed by atoms with Crippen molar-refractivity contribution in [2.24, 2.45) is 17.6 Å². The number of amides is 1. The van der Waals surface area contributed by atoms with Crippen LogP contribution in [0.5, 0.6) is 5.75 Å². The van der Waals surface area contributed by atoms with Gasteiger partial charge in [0.05, 0.1) is 11.6 Å². The van der Waals surface area contributed by atoms with Gasteiger partial charge in [-0.05, 0) is 62.5 Å². The third-order valence-electron chi connectivity index (χ3n) is 7.97. The molecule has 5 rings (SSSR count). The van der Waals surface area contributed by atoms with E-state index >= 15 is 0 Å². The molecule has 4 atom stereocenters. The molecule has 9 heteroatoms. The predicted molar refractivity (Wildman–Crippen MR) is 134 cm³/mol. The Morgan fingerprint density at radius 3 is 2.30 bits per heavy atom. The topological polar surface area (TPSA) is 161 Å². The number of fused-ring (bicyclic) bond motifs is 3. The summed E-state index contributed by atoms with van der Waals surface area (Å²) in [6.07, 6.45) is 0.293. The largest absolute Gasteiger partial charge is 0.508 e. The first-order chi connectivity index (χ1) is 17.4. The van der Waals surface area contributed by atoms with E-state index in [1.807, 2.05) is 31.2 Å². The maximum Gasteiger partial charge on any atom is 0.255 e. The lowest BCUT2D eigenvalue weighted by Gasteiger charge is -2.50. The fourth-order valence-electron chi connectivity index (χ4n) is 6.25. The van der Waals surface area contributed by atoms with E-state index in [4.69, 9.17) is 5.73 Å². The summed E-state index contributed by atoms with van der Waals surface area (Å²) in [5.41, 5.74) is 5.13. The number of carbonyl (C=O) groups excluding carboxylic acids is 3. The quantitative estimate of drug-likeness (QED) is 0.396.